The summed E-state index contributed by atoms with van der Waals surface area (Å²) in [5.74, 6) is 7.01. The molecule has 5 rings (SSSR count). The van der Waals surface area contributed by atoms with Crippen molar-refractivity contribution in [2.24, 2.45) is 47.2 Å². The number of rotatable bonds is 3. The maximum atomic E-state index is 6.86. The number of nitrogens with two attached hydrogens (primary N) is 1. The van der Waals surface area contributed by atoms with Crippen molar-refractivity contribution >= 4 is 0 Å². The minimum atomic E-state index is 0.544. The fourth-order valence-electron chi connectivity index (χ4n) is 6.89. The van der Waals surface area contributed by atoms with Crippen LogP contribution in [-0.2, 0) is 0 Å². The highest BCUT2D eigenvalue weighted by Crippen LogP contribution is 2.58. The first kappa shape index (κ1) is 13.6. The topological polar surface area (TPSA) is 26.0 Å². The molecular weight excluding hydrogens is 242 g/mol. The third-order valence-corrected chi connectivity index (χ3v) is 7.76. The van der Waals surface area contributed by atoms with Crippen LogP contribution in [0.1, 0.15) is 71.1 Å². The lowest BCUT2D eigenvalue weighted by molar-refractivity contribution is -0.0573. The van der Waals surface area contributed by atoms with Gasteiger partial charge in [-0.05, 0) is 86.4 Å². The molecule has 2 N–H and O–H groups in total. The Balaban J connectivity index is 1.42. The summed E-state index contributed by atoms with van der Waals surface area (Å²) in [6.07, 6.45) is 14.9. The van der Waals surface area contributed by atoms with Gasteiger partial charge >= 0.3 is 0 Å². The second-order valence-corrected chi connectivity index (χ2v) is 8.77. The number of hydrogen-bond acceptors (Lipinski definition) is 1. The largest absolute Gasteiger partial charge is 0.327 e. The zero-order valence-corrected chi connectivity index (χ0v) is 13.3. The first-order valence-electron chi connectivity index (χ1n) is 9.50. The van der Waals surface area contributed by atoms with Crippen LogP contribution in [0.4, 0.5) is 0 Å². The molecule has 5 fully saturated rings. The summed E-state index contributed by atoms with van der Waals surface area (Å²) in [5, 5.41) is 0. The van der Waals surface area contributed by atoms with Gasteiger partial charge in [-0.25, -0.2) is 0 Å². The smallest absolute Gasteiger partial charge is 0.0101 e. The van der Waals surface area contributed by atoms with Crippen LogP contribution in [0.15, 0.2) is 0 Å². The SMILES string of the molecule is CCC1CCC(C(N)C2C3CC4CC(C3)CC2C4)CC1. The van der Waals surface area contributed by atoms with E-state index in [4.69, 9.17) is 5.73 Å². The standard InChI is InChI=1S/C19H33N/c1-2-12-3-5-15(6-4-12)19(20)18-16-8-13-7-14(10-16)11-17(18)9-13/h12-19H,2-11,20H2,1H3. The Bertz CT molecular complexity index is 314. The summed E-state index contributed by atoms with van der Waals surface area (Å²) in [6.45, 7) is 2.36. The van der Waals surface area contributed by atoms with Crippen LogP contribution >= 0.6 is 0 Å². The van der Waals surface area contributed by atoms with E-state index < -0.39 is 0 Å². The van der Waals surface area contributed by atoms with E-state index in [1.54, 1.807) is 6.42 Å². The second-order valence-electron chi connectivity index (χ2n) is 8.77. The van der Waals surface area contributed by atoms with Gasteiger partial charge < -0.3 is 5.73 Å². The van der Waals surface area contributed by atoms with Crippen LogP contribution in [0.3, 0.4) is 0 Å². The van der Waals surface area contributed by atoms with Gasteiger partial charge in [-0.2, -0.15) is 0 Å². The van der Waals surface area contributed by atoms with Crippen molar-refractivity contribution < 1.29 is 0 Å². The van der Waals surface area contributed by atoms with Gasteiger partial charge in [0, 0.05) is 6.04 Å². The third-order valence-electron chi connectivity index (χ3n) is 7.76. The van der Waals surface area contributed by atoms with Gasteiger partial charge in [-0.1, -0.05) is 26.2 Å². The van der Waals surface area contributed by atoms with E-state index in [1.165, 1.54) is 57.8 Å². The predicted octanol–water partition coefficient (Wildman–Crippen LogP) is 4.60. The molecule has 0 amide bonds. The molecule has 0 aromatic rings. The second kappa shape index (κ2) is 5.30. The lowest BCUT2D eigenvalue weighted by Gasteiger charge is -2.57. The van der Waals surface area contributed by atoms with Crippen LogP contribution in [0.5, 0.6) is 0 Å². The molecule has 0 heterocycles. The quantitative estimate of drug-likeness (QED) is 0.800. The first-order valence-corrected chi connectivity index (χ1v) is 9.50. The van der Waals surface area contributed by atoms with Crippen molar-refractivity contribution in [1.29, 1.82) is 0 Å². The average molecular weight is 275 g/mol. The lowest BCUT2D eigenvalue weighted by Crippen LogP contribution is -2.54. The predicted molar refractivity (Wildman–Crippen MR) is 84.2 cm³/mol. The highest BCUT2D eigenvalue weighted by molar-refractivity contribution is 5.02. The molecule has 1 unspecified atom stereocenters. The molecule has 0 aliphatic heterocycles. The fourth-order valence-corrected chi connectivity index (χ4v) is 6.89. The molecule has 0 aromatic heterocycles. The molecule has 114 valence electrons. The van der Waals surface area contributed by atoms with Crippen LogP contribution < -0.4 is 5.73 Å². The van der Waals surface area contributed by atoms with E-state index in [2.05, 4.69) is 6.92 Å². The van der Waals surface area contributed by atoms with Crippen molar-refractivity contribution in [3.8, 4) is 0 Å². The molecule has 0 aromatic carbocycles. The molecule has 1 nitrogen and oxygen atoms in total. The van der Waals surface area contributed by atoms with Gasteiger partial charge in [-0.3, -0.25) is 0 Å². The Kier molecular flexibility index (Phi) is 3.61. The molecular formula is C19H33N. The van der Waals surface area contributed by atoms with E-state index in [9.17, 15) is 0 Å². The molecule has 1 heteroatoms. The average Bonchev–Trinajstić information content (AvgIpc) is 2.46. The minimum Gasteiger partial charge on any atom is -0.327 e. The summed E-state index contributed by atoms with van der Waals surface area (Å²) in [7, 11) is 0. The van der Waals surface area contributed by atoms with E-state index in [1.807, 2.05) is 0 Å². The van der Waals surface area contributed by atoms with Crippen LogP contribution in [0.2, 0.25) is 0 Å². The fraction of sp³-hybridized carbons (Fsp3) is 1.00. The summed E-state index contributed by atoms with van der Waals surface area (Å²) in [6, 6.07) is 0.544. The summed E-state index contributed by atoms with van der Waals surface area (Å²) in [5.41, 5.74) is 6.86. The van der Waals surface area contributed by atoms with Crippen molar-refractivity contribution in [3.05, 3.63) is 0 Å². The highest BCUT2D eigenvalue weighted by Gasteiger charge is 2.50. The van der Waals surface area contributed by atoms with Gasteiger partial charge in [0.2, 0.25) is 0 Å². The molecule has 5 aliphatic carbocycles. The van der Waals surface area contributed by atoms with E-state index in [0.717, 1.165) is 41.4 Å². The van der Waals surface area contributed by atoms with Crippen LogP contribution in [0, 0.1) is 41.4 Å². The first-order chi connectivity index (χ1) is 9.74. The van der Waals surface area contributed by atoms with Gasteiger partial charge in [0.25, 0.3) is 0 Å². The molecule has 0 radical (unpaired) electrons. The summed E-state index contributed by atoms with van der Waals surface area (Å²) < 4.78 is 0. The van der Waals surface area contributed by atoms with Gasteiger partial charge in [0.15, 0.2) is 0 Å². The Labute approximate surface area is 125 Å². The molecule has 20 heavy (non-hydrogen) atoms. The Hall–Kier alpha value is -0.0400. The maximum Gasteiger partial charge on any atom is 0.0101 e. The summed E-state index contributed by atoms with van der Waals surface area (Å²) in [4.78, 5) is 0. The Morgan fingerprint density at radius 1 is 0.850 bits per heavy atom. The van der Waals surface area contributed by atoms with Gasteiger partial charge in [0.05, 0.1) is 0 Å². The van der Waals surface area contributed by atoms with Crippen LogP contribution in [-0.4, -0.2) is 6.04 Å². The molecule has 5 saturated carbocycles. The van der Waals surface area contributed by atoms with Crippen molar-refractivity contribution in [1.82, 2.24) is 0 Å². The third kappa shape index (κ3) is 2.25. The van der Waals surface area contributed by atoms with Crippen LogP contribution in [0.25, 0.3) is 0 Å². The number of hydrogen-bond donors (Lipinski definition) is 1. The Morgan fingerprint density at radius 2 is 1.40 bits per heavy atom. The van der Waals surface area contributed by atoms with Crippen molar-refractivity contribution in [2.45, 2.75) is 77.2 Å². The summed E-state index contributed by atoms with van der Waals surface area (Å²) >= 11 is 0. The zero-order chi connectivity index (χ0) is 13.7. The lowest BCUT2D eigenvalue weighted by atomic mass is 9.49. The zero-order valence-electron chi connectivity index (χ0n) is 13.3. The Morgan fingerprint density at radius 3 is 1.90 bits per heavy atom. The van der Waals surface area contributed by atoms with E-state index in [-0.39, 0.29) is 0 Å². The van der Waals surface area contributed by atoms with E-state index in [0.29, 0.717) is 6.04 Å². The monoisotopic (exact) mass is 275 g/mol. The van der Waals surface area contributed by atoms with E-state index >= 15 is 0 Å². The minimum absolute atomic E-state index is 0.544. The molecule has 0 saturated heterocycles. The highest BCUT2D eigenvalue weighted by atomic mass is 14.7. The normalized spacial score (nSPS) is 52.2. The molecule has 5 aliphatic rings. The molecule has 1 atom stereocenters. The molecule has 0 spiro atoms. The van der Waals surface area contributed by atoms with Crippen molar-refractivity contribution in [2.75, 3.05) is 0 Å². The van der Waals surface area contributed by atoms with Gasteiger partial charge in [0.1, 0.15) is 0 Å². The van der Waals surface area contributed by atoms with Crippen molar-refractivity contribution in [3.63, 3.8) is 0 Å². The molecule has 4 bridgehead atoms. The van der Waals surface area contributed by atoms with Gasteiger partial charge in [-0.15, -0.1) is 0 Å². The maximum absolute atomic E-state index is 6.86.